The van der Waals surface area contributed by atoms with Gasteiger partial charge in [-0.1, -0.05) is 36.4 Å². The highest BCUT2D eigenvalue weighted by Gasteiger charge is 2.44. The summed E-state index contributed by atoms with van der Waals surface area (Å²) in [5.74, 6) is 2.57. The third-order valence-corrected chi connectivity index (χ3v) is 6.77. The maximum atomic E-state index is 6.58. The largest absolute Gasteiger partial charge is 0.483 e. The van der Waals surface area contributed by atoms with Gasteiger partial charge in [0.1, 0.15) is 11.9 Å². The second kappa shape index (κ2) is 6.42. The lowest BCUT2D eigenvalue weighted by Crippen LogP contribution is -2.40. The predicted molar refractivity (Wildman–Crippen MR) is 103 cm³/mol. The Morgan fingerprint density at radius 2 is 1.68 bits per heavy atom. The van der Waals surface area contributed by atoms with Crippen molar-refractivity contribution in [1.82, 2.24) is 10.2 Å². The quantitative estimate of drug-likeness (QED) is 0.853. The number of nitrogens with one attached hydrogen (secondary N) is 1. The number of fused-ring (bicyclic) bond motifs is 2. The summed E-state index contributed by atoms with van der Waals surface area (Å²) in [5, 5.41) is 3.55. The molecule has 0 aromatic heterocycles. The van der Waals surface area contributed by atoms with Crippen LogP contribution in [0.2, 0.25) is 0 Å². The number of halogens is 1. The highest BCUT2D eigenvalue weighted by Crippen LogP contribution is 2.42. The molecule has 2 heterocycles. The van der Waals surface area contributed by atoms with Crippen LogP contribution in [0.5, 0.6) is 5.75 Å². The summed E-state index contributed by atoms with van der Waals surface area (Å²) in [4.78, 5) is 2.69. The lowest BCUT2D eigenvalue weighted by molar-refractivity contribution is 0.0884. The highest BCUT2D eigenvalue weighted by molar-refractivity contribution is 9.10. The van der Waals surface area contributed by atoms with Gasteiger partial charge in [-0.15, -0.1) is 0 Å². The Hall–Kier alpha value is -1.36. The molecule has 4 unspecified atom stereocenters. The summed E-state index contributed by atoms with van der Waals surface area (Å²) >= 11 is 3.64. The monoisotopic (exact) mass is 398 g/mol. The van der Waals surface area contributed by atoms with Crippen molar-refractivity contribution in [1.29, 1.82) is 0 Å². The lowest BCUT2D eigenvalue weighted by atomic mass is 10.0. The summed E-state index contributed by atoms with van der Waals surface area (Å²) in [5.41, 5.74) is 2.80. The molecule has 2 saturated heterocycles. The van der Waals surface area contributed by atoms with Crippen LogP contribution in [0.1, 0.15) is 17.2 Å². The van der Waals surface area contributed by atoms with E-state index in [0.29, 0.717) is 6.04 Å². The number of ether oxygens (including phenoxy) is 1. The van der Waals surface area contributed by atoms with Crippen molar-refractivity contribution in [2.24, 2.45) is 11.8 Å². The number of nitrogens with zero attached hydrogens (tertiary/aromatic N) is 1. The first-order valence-corrected chi connectivity index (χ1v) is 10.0. The minimum atomic E-state index is 0.113. The number of likely N-dealkylation sites (tertiary alicyclic amines) is 1. The molecule has 3 aliphatic rings. The molecule has 0 amide bonds. The molecule has 2 aromatic carbocycles. The molecule has 1 N–H and O–H groups in total. The van der Waals surface area contributed by atoms with Gasteiger partial charge in [0.25, 0.3) is 0 Å². The van der Waals surface area contributed by atoms with E-state index in [4.69, 9.17) is 4.74 Å². The third-order valence-electron chi connectivity index (χ3n) is 6.12. The first-order chi connectivity index (χ1) is 12.3. The van der Waals surface area contributed by atoms with Gasteiger partial charge in [-0.3, -0.25) is 4.90 Å². The van der Waals surface area contributed by atoms with Gasteiger partial charge in [-0.25, -0.2) is 0 Å². The molecule has 2 aliphatic heterocycles. The normalized spacial score (nSPS) is 31.1. The zero-order valence-corrected chi connectivity index (χ0v) is 15.8. The summed E-state index contributed by atoms with van der Waals surface area (Å²) in [7, 11) is 0. The van der Waals surface area contributed by atoms with Crippen molar-refractivity contribution in [2.75, 3.05) is 26.2 Å². The van der Waals surface area contributed by atoms with Crippen LogP contribution in [0.15, 0.2) is 53.0 Å². The smallest absolute Gasteiger partial charge is 0.140 e. The summed E-state index contributed by atoms with van der Waals surface area (Å²) in [6.45, 7) is 4.76. The van der Waals surface area contributed by atoms with Crippen molar-refractivity contribution >= 4 is 15.9 Å². The minimum Gasteiger partial charge on any atom is -0.483 e. The molecule has 4 atom stereocenters. The van der Waals surface area contributed by atoms with Gasteiger partial charge >= 0.3 is 0 Å². The number of para-hydroxylation sites is 1. The first kappa shape index (κ1) is 15.9. The Bertz CT molecular complexity index is 768. The average molecular weight is 399 g/mol. The van der Waals surface area contributed by atoms with E-state index in [-0.39, 0.29) is 6.10 Å². The molecule has 2 aromatic rings. The number of hydrogen-bond donors (Lipinski definition) is 1. The van der Waals surface area contributed by atoms with Crippen LogP contribution >= 0.6 is 15.9 Å². The topological polar surface area (TPSA) is 24.5 Å². The molecule has 3 nitrogen and oxygen atoms in total. The van der Waals surface area contributed by atoms with E-state index >= 15 is 0 Å². The summed E-state index contributed by atoms with van der Waals surface area (Å²) in [6.07, 6.45) is 1.21. The molecule has 0 spiro atoms. The van der Waals surface area contributed by atoms with E-state index in [1.807, 2.05) is 12.1 Å². The molecule has 130 valence electrons. The zero-order valence-electron chi connectivity index (χ0n) is 14.2. The number of hydrogen-bond acceptors (Lipinski definition) is 3. The number of benzene rings is 2. The standard InChI is InChI=1S/C21H23BrN2O/c22-18-7-3-4-8-20(18)25-21-17-6-2-1-5-14(17)9-19(21)24-12-15-10-23-11-16(15)13-24/h1-8,15-16,19,21,23H,9-13H2. The second-order valence-electron chi connectivity index (χ2n) is 7.57. The molecular formula is C21H23BrN2O. The van der Waals surface area contributed by atoms with Crippen LogP contribution in [0.3, 0.4) is 0 Å². The summed E-state index contributed by atoms with van der Waals surface area (Å²) in [6, 6.07) is 17.4. The molecule has 5 rings (SSSR count). The molecule has 0 bridgehead atoms. The molecular weight excluding hydrogens is 376 g/mol. The predicted octanol–water partition coefficient (Wildman–Crippen LogP) is 3.65. The van der Waals surface area contributed by atoms with Crippen molar-refractivity contribution < 1.29 is 4.74 Å². The van der Waals surface area contributed by atoms with Crippen LogP contribution in [-0.2, 0) is 6.42 Å². The maximum Gasteiger partial charge on any atom is 0.140 e. The SMILES string of the molecule is Brc1ccccc1OC1c2ccccc2CC1N1CC2CNCC2C1. The fraction of sp³-hybridized carbons (Fsp3) is 0.429. The number of rotatable bonds is 3. The van der Waals surface area contributed by atoms with Gasteiger partial charge in [-0.2, -0.15) is 0 Å². The Morgan fingerprint density at radius 1 is 0.960 bits per heavy atom. The molecule has 25 heavy (non-hydrogen) atoms. The van der Waals surface area contributed by atoms with Crippen molar-refractivity contribution in [3.05, 3.63) is 64.1 Å². The van der Waals surface area contributed by atoms with E-state index in [2.05, 4.69) is 62.5 Å². The second-order valence-corrected chi connectivity index (χ2v) is 8.43. The van der Waals surface area contributed by atoms with E-state index in [1.165, 1.54) is 37.3 Å². The summed E-state index contributed by atoms with van der Waals surface area (Å²) < 4.78 is 7.60. The fourth-order valence-electron chi connectivity index (χ4n) is 4.84. The van der Waals surface area contributed by atoms with Gasteiger partial charge in [0, 0.05) is 13.1 Å². The van der Waals surface area contributed by atoms with Gasteiger partial charge in [0.15, 0.2) is 0 Å². The van der Waals surface area contributed by atoms with Crippen LogP contribution in [0.25, 0.3) is 0 Å². The van der Waals surface area contributed by atoms with E-state index in [1.54, 1.807) is 0 Å². The minimum absolute atomic E-state index is 0.113. The molecule has 1 aliphatic carbocycles. The van der Waals surface area contributed by atoms with Crippen LogP contribution in [0, 0.1) is 11.8 Å². The van der Waals surface area contributed by atoms with Gasteiger partial charge in [0.2, 0.25) is 0 Å². The Labute approximate surface area is 157 Å². The third kappa shape index (κ3) is 2.80. The molecule has 0 radical (unpaired) electrons. The van der Waals surface area contributed by atoms with Gasteiger partial charge in [0.05, 0.1) is 10.5 Å². The van der Waals surface area contributed by atoms with Crippen LogP contribution < -0.4 is 10.1 Å². The van der Waals surface area contributed by atoms with Crippen LogP contribution in [0.4, 0.5) is 0 Å². The Kier molecular flexibility index (Phi) is 4.07. The van der Waals surface area contributed by atoms with Crippen LogP contribution in [-0.4, -0.2) is 37.1 Å². The van der Waals surface area contributed by atoms with Crippen molar-refractivity contribution in [3.8, 4) is 5.75 Å². The van der Waals surface area contributed by atoms with Gasteiger partial charge in [-0.05, 0) is 70.5 Å². The molecule has 2 fully saturated rings. The Morgan fingerprint density at radius 3 is 2.48 bits per heavy atom. The molecule has 0 saturated carbocycles. The van der Waals surface area contributed by atoms with E-state index < -0.39 is 0 Å². The highest BCUT2D eigenvalue weighted by atomic mass is 79.9. The fourth-order valence-corrected chi connectivity index (χ4v) is 5.22. The van der Waals surface area contributed by atoms with Crippen molar-refractivity contribution in [3.63, 3.8) is 0 Å². The zero-order chi connectivity index (χ0) is 16.8. The van der Waals surface area contributed by atoms with Gasteiger partial charge < -0.3 is 10.1 Å². The first-order valence-electron chi connectivity index (χ1n) is 9.23. The van der Waals surface area contributed by atoms with Crippen molar-refractivity contribution in [2.45, 2.75) is 18.6 Å². The van der Waals surface area contributed by atoms with E-state index in [0.717, 1.165) is 28.5 Å². The lowest BCUT2D eigenvalue weighted by Gasteiger charge is -2.31. The Balaban J connectivity index is 1.45. The molecule has 4 heteroatoms. The maximum absolute atomic E-state index is 6.58. The average Bonchev–Trinajstić information content (AvgIpc) is 3.30. The van der Waals surface area contributed by atoms with E-state index in [9.17, 15) is 0 Å².